The van der Waals surface area contributed by atoms with Crippen molar-refractivity contribution >= 4 is 17.4 Å². The molecule has 0 aliphatic carbocycles. The molecule has 0 unspecified atom stereocenters. The minimum Gasteiger partial charge on any atom is -0.497 e. The molecule has 1 amide bonds. The Balaban J connectivity index is 1.63. The Kier molecular flexibility index (Phi) is 5.65. The van der Waals surface area contributed by atoms with E-state index in [0.29, 0.717) is 23.5 Å². The molecular formula is C21H18N4O2. The Morgan fingerprint density at radius 3 is 2.52 bits per heavy atom. The van der Waals surface area contributed by atoms with Crippen LogP contribution in [0.1, 0.15) is 21.5 Å². The van der Waals surface area contributed by atoms with Crippen molar-refractivity contribution in [1.29, 1.82) is 5.26 Å². The lowest BCUT2D eigenvalue weighted by Gasteiger charge is -2.09. The molecule has 0 atom stereocenters. The Morgan fingerprint density at radius 1 is 1.11 bits per heavy atom. The molecule has 27 heavy (non-hydrogen) atoms. The summed E-state index contributed by atoms with van der Waals surface area (Å²) < 4.78 is 5.12. The number of ether oxygens (including phenoxy) is 1. The van der Waals surface area contributed by atoms with Gasteiger partial charge < -0.3 is 15.4 Å². The first-order valence-electron chi connectivity index (χ1n) is 8.32. The molecule has 6 heteroatoms. The molecule has 1 heterocycles. The van der Waals surface area contributed by atoms with Crippen LogP contribution in [0.4, 0.5) is 11.5 Å². The summed E-state index contributed by atoms with van der Waals surface area (Å²) >= 11 is 0. The third-order valence-electron chi connectivity index (χ3n) is 3.92. The Bertz CT molecular complexity index is 961. The van der Waals surface area contributed by atoms with Crippen molar-refractivity contribution in [2.45, 2.75) is 6.54 Å². The van der Waals surface area contributed by atoms with Gasteiger partial charge in [0.2, 0.25) is 0 Å². The highest BCUT2D eigenvalue weighted by atomic mass is 16.5. The van der Waals surface area contributed by atoms with Crippen LogP contribution in [-0.2, 0) is 6.54 Å². The van der Waals surface area contributed by atoms with Gasteiger partial charge in [-0.2, -0.15) is 5.26 Å². The van der Waals surface area contributed by atoms with Gasteiger partial charge >= 0.3 is 0 Å². The molecule has 0 saturated carbocycles. The Labute approximate surface area is 157 Å². The second-order valence-corrected chi connectivity index (χ2v) is 5.77. The quantitative estimate of drug-likeness (QED) is 0.702. The number of pyridine rings is 1. The molecule has 0 radical (unpaired) electrons. The zero-order valence-corrected chi connectivity index (χ0v) is 14.8. The summed E-state index contributed by atoms with van der Waals surface area (Å²) in [5.41, 5.74) is 2.86. The minimum absolute atomic E-state index is 0.184. The zero-order chi connectivity index (χ0) is 19.1. The molecule has 134 valence electrons. The fourth-order valence-corrected chi connectivity index (χ4v) is 2.44. The number of nitriles is 1. The molecule has 1 aromatic heterocycles. The lowest BCUT2D eigenvalue weighted by molar-refractivity contribution is 0.0951. The number of benzene rings is 2. The highest BCUT2D eigenvalue weighted by molar-refractivity contribution is 5.94. The molecule has 3 rings (SSSR count). The van der Waals surface area contributed by atoms with Crippen LogP contribution in [-0.4, -0.2) is 18.0 Å². The fourth-order valence-electron chi connectivity index (χ4n) is 2.44. The van der Waals surface area contributed by atoms with E-state index in [1.807, 2.05) is 24.3 Å². The summed E-state index contributed by atoms with van der Waals surface area (Å²) in [6.07, 6.45) is 1.58. The van der Waals surface area contributed by atoms with Gasteiger partial charge in [-0.25, -0.2) is 4.98 Å². The van der Waals surface area contributed by atoms with Crippen molar-refractivity contribution in [2.75, 3.05) is 12.4 Å². The number of carbonyl (C=O) groups excluding carboxylic acids is 1. The van der Waals surface area contributed by atoms with Gasteiger partial charge in [0.05, 0.1) is 18.7 Å². The van der Waals surface area contributed by atoms with Crippen molar-refractivity contribution < 1.29 is 9.53 Å². The van der Waals surface area contributed by atoms with Gasteiger partial charge in [0.25, 0.3) is 5.91 Å². The monoisotopic (exact) mass is 358 g/mol. The number of hydrogen-bond donors (Lipinski definition) is 2. The van der Waals surface area contributed by atoms with Gasteiger partial charge in [0.1, 0.15) is 11.6 Å². The van der Waals surface area contributed by atoms with Gasteiger partial charge in [0, 0.05) is 24.0 Å². The minimum atomic E-state index is -0.184. The van der Waals surface area contributed by atoms with Crippen LogP contribution < -0.4 is 15.4 Å². The topological polar surface area (TPSA) is 87.0 Å². The first-order valence-corrected chi connectivity index (χ1v) is 8.32. The normalized spacial score (nSPS) is 9.93. The molecule has 0 bridgehead atoms. The summed E-state index contributed by atoms with van der Waals surface area (Å²) in [5, 5.41) is 14.9. The van der Waals surface area contributed by atoms with E-state index in [9.17, 15) is 4.79 Å². The van der Waals surface area contributed by atoms with Crippen molar-refractivity contribution in [3.63, 3.8) is 0 Å². The summed E-state index contributed by atoms with van der Waals surface area (Å²) in [4.78, 5) is 16.6. The highest BCUT2D eigenvalue weighted by Crippen LogP contribution is 2.16. The summed E-state index contributed by atoms with van der Waals surface area (Å²) in [5.74, 6) is 1.14. The maximum Gasteiger partial charge on any atom is 0.251 e. The van der Waals surface area contributed by atoms with Crippen LogP contribution in [0.25, 0.3) is 0 Å². The van der Waals surface area contributed by atoms with Crippen LogP contribution in [0.2, 0.25) is 0 Å². The van der Waals surface area contributed by atoms with Crippen molar-refractivity contribution in [2.24, 2.45) is 0 Å². The number of nitrogens with zero attached hydrogens (tertiary/aromatic N) is 2. The number of carbonyl (C=O) groups is 1. The van der Waals surface area contributed by atoms with Gasteiger partial charge in [-0.1, -0.05) is 12.1 Å². The van der Waals surface area contributed by atoms with Crippen LogP contribution in [0.15, 0.2) is 66.9 Å². The van der Waals surface area contributed by atoms with E-state index in [-0.39, 0.29) is 5.91 Å². The molecule has 0 spiro atoms. The molecule has 3 aromatic rings. The van der Waals surface area contributed by atoms with Crippen LogP contribution >= 0.6 is 0 Å². The molecule has 0 saturated heterocycles. The maximum absolute atomic E-state index is 12.4. The molecule has 2 N–H and O–H groups in total. The predicted octanol–water partition coefficient (Wildman–Crippen LogP) is 3.64. The van der Waals surface area contributed by atoms with Crippen molar-refractivity contribution in [1.82, 2.24) is 10.3 Å². The number of hydrogen-bond acceptors (Lipinski definition) is 5. The third-order valence-corrected chi connectivity index (χ3v) is 3.92. The van der Waals surface area contributed by atoms with Crippen molar-refractivity contribution in [3.05, 3.63) is 83.6 Å². The average molecular weight is 358 g/mol. The number of methoxy groups -OCH3 is 1. The van der Waals surface area contributed by atoms with Crippen LogP contribution in [0, 0.1) is 11.3 Å². The van der Waals surface area contributed by atoms with E-state index in [0.717, 1.165) is 17.0 Å². The highest BCUT2D eigenvalue weighted by Gasteiger charge is 2.07. The standard InChI is InChI=1S/C21H18N4O2/c1-27-19-8-4-16(5-9-19)14-24-21(26)17-10-11-23-20(12-17)25-18-6-2-15(13-22)3-7-18/h2-12H,14H2,1H3,(H,23,25)(H,24,26). The zero-order valence-electron chi connectivity index (χ0n) is 14.8. The van der Waals surface area contributed by atoms with E-state index >= 15 is 0 Å². The first-order chi connectivity index (χ1) is 13.2. The molecule has 2 aromatic carbocycles. The summed E-state index contributed by atoms with van der Waals surface area (Å²) in [6, 6.07) is 19.9. The molecular weight excluding hydrogens is 340 g/mol. The van der Waals surface area contributed by atoms with Gasteiger partial charge in [0.15, 0.2) is 0 Å². The van der Waals surface area contributed by atoms with Gasteiger partial charge in [-0.15, -0.1) is 0 Å². The molecule has 0 aliphatic heterocycles. The van der Waals surface area contributed by atoms with E-state index in [1.54, 1.807) is 49.7 Å². The first kappa shape index (κ1) is 18.0. The number of nitrogens with one attached hydrogen (secondary N) is 2. The Morgan fingerprint density at radius 2 is 1.85 bits per heavy atom. The SMILES string of the molecule is COc1ccc(CNC(=O)c2ccnc(Nc3ccc(C#N)cc3)c2)cc1. The average Bonchev–Trinajstić information content (AvgIpc) is 2.73. The van der Waals surface area contributed by atoms with Crippen LogP contribution in [0.5, 0.6) is 5.75 Å². The second kappa shape index (κ2) is 8.50. The molecule has 6 nitrogen and oxygen atoms in total. The number of aromatic nitrogens is 1. The van der Waals surface area contributed by atoms with E-state index in [4.69, 9.17) is 10.00 Å². The van der Waals surface area contributed by atoms with E-state index in [2.05, 4.69) is 21.7 Å². The largest absolute Gasteiger partial charge is 0.497 e. The summed E-state index contributed by atoms with van der Waals surface area (Å²) in [7, 11) is 1.61. The number of anilines is 2. The second-order valence-electron chi connectivity index (χ2n) is 5.77. The molecule has 0 fully saturated rings. The lowest BCUT2D eigenvalue weighted by Crippen LogP contribution is -2.22. The predicted molar refractivity (Wildman–Crippen MR) is 103 cm³/mol. The summed E-state index contributed by atoms with van der Waals surface area (Å²) in [6.45, 7) is 0.420. The molecule has 0 aliphatic rings. The smallest absolute Gasteiger partial charge is 0.251 e. The number of amides is 1. The third kappa shape index (κ3) is 4.83. The van der Waals surface area contributed by atoms with Gasteiger partial charge in [-0.3, -0.25) is 4.79 Å². The number of rotatable bonds is 6. The van der Waals surface area contributed by atoms with E-state index in [1.165, 1.54) is 0 Å². The van der Waals surface area contributed by atoms with Crippen LogP contribution in [0.3, 0.4) is 0 Å². The van der Waals surface area contributed by atoms with Gasteiger partial charge in [-0.05, 0) is 54.1 Å². The van der Waals surface area contributed by atoms with E-state index < -0.39 is 0 Å². The maximum atomic E-state index is 12.4. The Hall–Kier alpha value is -3.85. The van der Waals surface area contributed by atoms with Crippen molar-refractivity contribution in [3.8, 4) is 11.8 Å². The fraction of sp³-hybridized carbons (Fsp3) is 0.0952. The lowest BCUT2D eigenvalue weighted by atomic mass is 10.2.